The van der Waals surface area contributed by atoms with Crippen LogP contribution in [0.1, 0.15) is 17.0 Å². The fourth-order valence-electron chi connectivity index (χ4n) is 1.28. The maximum absolute atomic E-state index is 8.96. The fourth-order valence-corrected chi connectivity index (χ4v) is 2.26. The van der Waals surface area contributed by atoms with E-state index < -0.39 is 0 Å². The Morgan fingerprint density at radius 3 is 2.62 bits per heavy atom. The van der Waals surface area contributed by atoms with Gasteiger partial charge in [-0.1, -0.05) is 11.6 Å². The fraction of sp³-hybridized carbons (Fsp3) is 0.182. The van der Waals surface area contributed by atoms with Crippen molar-refractivity contribution >= 4 is 22.9 Å². The molecule has 80 valence electrons. The van der Waals surface area contributed by atoms with Gasteiger partial charge in [-0.25, -0.2) is 9.97 Å². The molecule has 0 bridgehead atoms. The van der Waals surface area contributed by atoms with Gasteiger partial charge >= 0.3 is 0 Å². The van der Waals surface area contributed by atoms with Gasteiger partial charge in [0.1, 0.15) is 11.8 Å². The van der Waals surface area contributed by atoms with Crippen LogP contribution in [0.25, 0.3) is 10.7 Å². The maximum Gasteiger partial charge on any atom is 0.171 e. The Bertz CT molecular complexity index is 583. The summed E-state index contributed by atoms with van der Waals surface area (Å²) in [5.74, 6) is 0.566. The third-order valence-electron chi connectivity index (χ3n) is 2.29. The van der Waals surface area contributed by atoms with Crippen molar-refractivity contribution in [1.82, 2.24) is 9.97 Å². The Morgan fingerprint density at radius 2 is 2.06 bits per heavy atom. The number of nitriles is 1. The molecule has 3 nitrogen and oxygen atoms in total. The van der Waals surface area contributed by atoms with Gasteiger partial charge in [-0.15, -0.1) is 11.3 Å². The first-order valence-corrected chi connectivity index (χ1v) is 5.82. The molecular formula is C11H8ClN3S. The predicted octanol–water partition coefficient (Wildman–Crippen LogP) is 3.35. The van der Waals surface area contributed by atoms with Crippen molar-refractivity contribution < 1.29 is 0 Å². The number of aromatic nitrogens is 2. The first kappa shape index (κ1) is 11.1. The molecule has 2 aromatic heterocycles. The molecule has 0 amide bonds. The molecule has 5 heteroatoms. The Balaban J connectivity index is 2.60. The van der Waals surface area contributed by atoms with Crippen LogP contribution < -0.4 is 0 Å². The number of thiophene rings is 1. The Labute approximate surface area is 102 Å². The van der Waals surface area contributed by atoms with Crippen LogP contribution in [0.2, 0.25) is 4.34 Å². The highest BCUT2D eigenvalue weighted by Crippen LogP contribution is 2.29. The van der Waals surface area contributed by atoms with E-state index in [-0.39, 0.29) is 0 Å². The quantitative estimate of drug-likeness (QED) is 0.779. The third-order valence-corrected chi connectivity index (χ3v) is 3.52. The molecule has 0 N–H and O–H groups in total. The average Bonchev–Trinajstić information content (AvgIpc) is 2.69. The number of aryl methyl sites for hydroxylation is 1. The molecule has 0 saturated heterocycles. The summed E-state index contributed by atoms with van der Waals surface area (Å²) >= 11 is 7.26. The summed E-state index contributed by atoms with van der Waals surface area (Å²) < 4.78 is 0.690. The van der Waals surface area contributed by atoms with Gasteiger partial charge in [-0.3, -0.25) is 0 Å². The highest BCUT2D eigenvalue weighted by Gasteiger charge is 2.10. The van der Waals surface area contributed by atoms with Crippen LogP contribution >= 0.6 is 22.9 Å². The van der Waals surface area contributed by atoms with Crippen molar-refractivity contribution in [2.24, 2.45) is 0 Å². The van der Waals surface area contributed by atoms with Crippen LogP contribution in [-0.4, -0.2) is 9.97 Å². The van der Waals surface area contributed by atoms with Crippen LogP contribution in [0.4, 0.5) is 0 Å². The van der Waals surface area contributed by atoms with E-state index in [1.165, 1.54) is 11.3 Å². The van der Waals surface area contributed by atoms with E-state index in [1.807, 2.05) is 19.9 Å². The molecule has 2 heterocycles. The van der Waals surface area contributed by atoms with Crippen molar-refractivity contribution in [3.8, 4) is 16.8 Å². The lowest BCUT2D eigenvalue weighted by Crippen LogP contribution is -1.98. The molecule has 0 unspecified atom stereocenters. The van der Waals surface area contributed by atoms with Gasteiger partial charge in [-0.05, 0) is 26.0 Å². The van der Waals surface area contributed by atoms with Crippen molar-refractivity contribution in [2.75, 3.05) is 0 Å². The van der Waals surface area contributed by atoms with Crippen molar-refractivity contribution in [1.29, 1.82) is 5.26 Å². The van der Waals surface area contributed by atoms with E-state index in [4.69, 9.17) is 16.9 Å². The number of rotatable bonds is 1. The molecule has 0 radical (unpaired) electrons. The van der Waals surface area contributed by atoms with Crippen LogP contribution in [0, 0.1) is 25.2 Å². The number of halogens is 1. The number of hydrogen-bond donors (Lipinski definition) is 0. The summed E-state index contributed by atoms with van der Waals surface area (Å²) in [4.78, 5) is 9.45. The number of nitrogens with zero attached hydrogens (tertiary/aromatic N) is 3. The normalized spacial score (nSPS) is 10.1. The zero-order valence-corrected chi connectivity index (χ0v) is 10.4. The molecule has 0 atom stereocenters. The standard InChI is InChI=1S/C11H8ClN3S/c1-6-7(2)14-11(15-8(6)5-13)9-3-4-10(12)16-9/h3-4H,1-2H3. The van der Waals surface area contributed by atoms with Crippen LogP contribution in [0.5, 0.6) is 0 Å². The molecule has 0 spiro atoms. The zero-order chi connectivity index (χ0) is 11.7. The SMILES string of the molecule is Cc1nc(-c2ccc(Cl)s2)nc(C#N)c1C. The Morgan fingerprint density at radius 1 is 1.31 bits per heavy atom. The molecule has 0 aliphatic rings. The van der Waals surface area contributed by atoms with Crippen LogP contribution in [0.15, 0.2) is 12.1 Å². The molecule has 0 saturated carbocycles. The first-order valence-electron chi connectivity index (χ1n) is 4.63. The predicted molar refractivity (Wildman–Crippen MR) is 64.5 cm³/mol. The van der Waals surface area contributed by atoms with Crippen molar-refractivity contribution in [3.05, 3.63) is 33.4 Å². The molecule has 2 aromatic rings. The van der Waals surface area contributed by atoms with E-state index in [2.05, 4.69) is 16.0 Å². The zero-order valence-electron chi connectivity index (χ0n) is 8.78. The Hall–Kier alpha value is -1.44. The molecule has 0 fully saturated rings. The molecule has 2 rings (SSSR count). The topological polar surface area (TPSA) is 49.6 Å². The second-order valence-corrected chi connectivity index (χ2v) is 5.04. The highest BCUT2D eigenvalue weighted by atomic mass is 35.5. The lowest BCUT2D eigenvalue weighted by atomic mass is 10.2. The van der Waals surface area contributed by atoms with E-state index >= 15 is 0 Å². The minimum Gasteiger partial charge on any atom is -0.232 e. The van der Waals surface area contributed by atoms with Gasteiger partial charge in [0, 0.05) is 11.3 Å². The van der Waals surface area contributed by atoms with Gasteiger partial charge in [0.2, 0.25) is 0 Å². The van der Waals surface area contributed by atoms with Gasteiger partial charge in [0.25, 0.3) is 0 Å². The van der Waals surface area contributed by atoms with Crippen molar-refractivity contribution in [3.63, 3.8) is 0 Å². The van der Waals surface area contributed by atoms with Gasteiger partial charge < -0.3 is 0 Å². The van der Waals surface area contributed by atoms with Gasteiger partial charge in [0.05, 0.1) is 9.21 Å². The lowest BCUT2D eigenvalue weighted by molar-refractivity contribution is 1.05. The first-order chi connectivity index (χ1) is 7.61. The third kappa shape index (κ3) is 1.92. The Kier molecular flexibility index (Phi) is 2.90. The monoisotopic (exact) mass is 249 g/mol. The minimum absolute atomic E-state index is 0.423. The minimum atomic E-state index is 0.423. The van der Waals surface area contributed by atoms with E-state index in [9.17, 15) is 0 Å². The van der Waals surface area contributed by atoms with E-state index in [0.717, 1.165) is 16.1 Å². The van der Waals surface area contributed by atoms with Gasteiger partial charge in [0.15, 0.2) is 5.82 Å². The maximum atomic E-state index is 8.96. The largest absolute Gasteiger partial charge is 0.232 e. The molecule has 0 aliphatic heterocycles. The summed E-state index contributed by atoms with van der Waals surface area (Å²) in [6, 6.07) is 5.73. The van der Waals surface area contributed by atoms with Crippen LogP contribution in [0.3, 0.4) is 0 Å². The van der Waals surface area contributed by atoms with Gasteiger partial charge in [-0.2, -0.15) is 5.26 Å². The molecule has 16 heavy (non-hydrogen) atoms. The van der Waals surface area contributed by atoms with E-state index in [1.54, 1.807) is 6.07 Å². The summed E-state index contributed by atoms with van der Waals surface area (Å²) in [5, 5.41) is 8.96. The summed E-state index contributed by atoms with van der Waals surface area (Å²) in [7, 11) is 0. The summed E-state index contributed by atoms with van der Waals surface area (Å²) in [6.45, 7) is 3.72. The van der Waals surface area contributed by atoms with Crippen molar-refractivity contribution in [2.45, 2.75) is 13.8 Å². The van der Waals surface area contributed by atoms with Crippen LogP contribution in [-0.2, 0) is 0 Å². The summed E-state index contributed by atoms with van der Waals surface area (Å²) in [6.07, 6.45) is 0. The molecule has 0 aliphatic carbocycles. The molecular weight excluding hydrogens is 242 g/mol. The lowest BCUT2D eigenvalue weighted by Gasteiger charge is -2.03. The second kappa shape index (κ2) is 4.20. The number of hydrogen-bond acceptors (Lipinski definition) is 4. The highest BCUT2D eigenvalue weighted by molar-refractivity contribution is 7.19. The van der Waals surface area contributed by atoms with E-state index in [0.29, 0.717) is 15.9 Å². The second-order valence-electron chi connectivity index (χ2n) is 3.32. The molecule has 0 aromatic carbocycles. The average molecular weight is 250 g/mol. The smallest absolute Gasteiger partial charge is 0.171 e. The summed E-state index contributed by atoms with van der Waals surface area (Å²) in [5.41, 5.74) is 2.08.